The van der Waals surface area contributed by atoms with Gasteiger partial charge in [-0.3, -0.25) is 4.79 Å². The van der Waals surface area contributed by atoms with Gasteiger partial charge >= 0.3 is 0 Å². The zero-order valence-electron chi connectivity index (χ0n) is 10.1. The Balaban J connectivity index is 3.77. The molecule has 0 bridgehead atoms. The summed E-state index contributed by atoms with van der Waals surface area (Å²) >= 11 is 0. The second kappa shape index (κ2) is 8.68. The topological polar surface area (TPSA) is 52.6 Å². The van der Waals surface area contributed by atoms with Crippen molar-refractivity contribution in [1.82, 2.24) is 10.2 Å². The number of hydrogen-bond acceptors (Lipinski definition) is 3. The molecule has 0 aromatic carbocycles. The maximum atomic E-state index is 11.8. The van der Waals surface area contributed by atoms with E-state index in [-0.39, 0.29) is 18.6 Å². The fraction of sp³-hybridized carbons (Fsp3) is 0.909. The molecule has 0 aliphatic rings. The molecule has 90 valence electrons. The van der Waals surface area contributed by atoms with Gasteiger partial charge in [-0.1, -0.05) is 0 Å². The summed E-state index contributed by atoms with van der Waals surface area (Å²) in [6.45, 7) is 8.39. The van der Waals surface area contributed by atoms with E-state index in [1.165, 1.54) is 0 Å². The second-order valence-electron chi connectivity index (χ2n) is 3.62. The van der Waals surface area contributed by atoms with E-state index in [1.54, 1.807) is 0 Å². The highest BCUT2D eigenvalue weighted by atomic mass is 16.2. The van der Waals surface area contributed by atoms with Gasteiger partial charge in [0.15, 0.2) is 0 Å². The summed E-state index contributed by atoms with van der Waals surface area (Å²) in [5, 5.41) is 11.8. The lowest BCUT2D eigenvalue weighted by atomic mass is 10.2. The van der Waals surface area contributed by atoms with Gasteiger partial charge < -0.3 is 15.3 Å². The number of unbranched alkanes of at least 4 members (excludes halogenated alkanes) is 1. The molecule has 0 spiro atoms. The standard InChI is InChI=1S/C11H24N2O2/c1-4-13(5-2)11(15)10(3)12-8-6-7-9-14/h10,12,14H,4-9H2,1-3H3. The van der Waals surface area contributed by atoms with Crippen LogP contribution in [-0.4, -0.2) is 48.2 Å². The van der Waals surface area contributed by atoms with Gasteiger partial charge in [0.2, 0.25) is 5.91 Å². The average Bonchev–Trinajstić information content (AvgIpc) is 2.25. The summed E-state index contributed by atoms with van der Waals surface area (Å²) in [5.41, 5.74) is 0. The number of likely N-dealkylation sites (N-methyl/N-ethyl adjacent to an activating group) is 1. The van der Waals surface area contributed by atoms with Gasteiger partial charge in [-0.15, -0.1) is 0 Å². The molecular weight excluding hydrogens is 192 g/mol. The number of carbonyl (C=O) groups excluding carboxylic acids is 1. The number of aliphatic hydroxyl groups excluding tert-OH is 1. The summed E-state index contributed by atoms with van der Waals surface area (Å²) in [5.74, 6) is 0.156. The Morgan fingerprint density at radius 2 is 1.93 bits per heavy atom. The largest absolute Gasteiger partial charge is 0.396 e. The zero-order valence-corrected chi connectivity index (χ0v) is 10.1. The quantitative estimate of drug-likeness (QED) is 0.584. The van der Waals surface area contributed by atoms with Crippen molar-refractivity contribution < 1.29 is 9.90 Å². The highest BCUT2D eigenvalue weighted by molar-refractivity contribution is 5.81. The van der Waals surface area contributed by atoms with Crippen LogP contribution < -0.4 is 5.32 Å². The van der Waals surface area contributed by atoms with Gasteiger partial charge in [-0.25, -0.2) is 0 Å². The lowest BCUT2D eigenvalue weighted by Crippen LogP contribution is -2.45. The monoisotopic (exact) mass is 216 g/mol. The van der Waals surface area contributed by atoms with Crippen LogP contribution in [0.15, 0.2) is 0 Å². The van der Waals surface area contributed by atoms with E-state index in [1.807, 2.05) is 25.7 Å². The molecule has 0 saturated heterocycles. The number of nitrogens with zero attached hydrogens (tertiary/aromatic N) is 1. The van der Waals surface area contributed by atoms with Crippen LogP contribution in [-0.2, 0) is 4.79 Å². The molecule has 0 aromatic rings. The Morgan fingerprint density at radius 1 is 1.33 bits per heavy atom. The highest BCUT2D eigenvalue weighted by Gasteiger charge is 2.16. The van der Waals surface area contributed by atoms with E-state index in [2.05, 4.69) is 5.32 Å². The lowest BCUT2D eigenvalue weighted by molar-refractivity contribution is -0.132. The fourth-order valence-corrected chi connectivity index (χ4v) is 1.45. The smallest absolute Gasteiger partial charge is 0.239 e. The van der Waals surface area contributed by atoms with E-state index >= 15 is 0 Å². The number of hydrogen-bond donors (Lipinski definition) is 2. The number of amides is 1. The van der Waals surface area contributed by atoms with E-state index in [0.29, 0.717) is 0 Å². The Morgan fingerprint density at radius 3 is 2.40 bits per heavy atom. The third-order valence-electron chi connectivity index (χ3n) is 2.48. The Kier molecular flexibility index (Phi) is 8.33. The first-order valence-corrected chi connectivity index (χ1v) is 5.80. The van der Waals surface area contributed by atoms with Gasteiger partial charge in [-0.05, 0) is 40.2 Å². The van der Waals surface area contributed by atoms with Crippen molar-refractivity contribution in [3.05, 3.63) is 0 Å². The van der Waals surface area contributed by atoms with Gasteiger partial charge in [0.25, 0.3) is 0 Å². The molecular formula is C11H24N2O2. The fourth-order valence-electron chi connectivity index (χ4n) is 1.45. The molecule has 0 saturated carbocycles. The molecule has 15 heavy (non-hydrogen) atoms. The van der Waals surface area contributed by atoms with Crippen LogP contribution in [0.25, 0.3) is 0 Å². The third kappa shape index (κ3) is 5.74. The van der Waals surface area contributed by atoms with Crippen molar-refractivity contribution in [2.24, 2.45) is 0 Å². The first-order chi connectivity index (χ1) is 7.17. The van der Waals surface area contributed by atoms with Crippen LogP contribution in [0.3, 0.4) is 0 Å². The minimum absolute atomic E-state index is 0.122. The third-order valence-corrected chi connectivity index (χ3v) is 2.48. The van der Waals surface area contributed by atoms with E-state index < -0.39 is 0 Å². The Hall–Kier alpha value is -0.610. The molecule has 1 unspecified atom stereocenters. The van der Waals surface area contributed by atoms with Crippen molar-refractivity contribution >= 4 is 5.91 Å². The molecule has 0 radical (unpaired) electrons. The molecule has 4 heteroatoms. The van der Waals surface area contributed by atoms with Gasteiger partial charge in [0.05, 0.1) is 6.04 Å². The van der Waals surface area contributed by atoms with Crippen LogP contribution in [0, 0.1) is 0 Å². The normalized spacial score (nSPS) is 12.5. The molecule has 0 aromatic heterocycles. The van der Waals surface area contributed by atoms with E-state index in [9.17, 15) is 4.79 Å². The summed E-state index contributed by atoms with van der Waals surface area (Å²) in [6, 6.07) is -0.122. The van der Waals surface area contributed by atoms with Crippen LogP contribution in [0.2, 0.25) is 0 Å². The molecule has 0 heterocycles. The highest BCUT2D eigenvalue weighted by Crippen LogP contribution is 1.95. The molecule has 0 fully saturated rings. The van der Waals surface area contributed by atoms with Crippen LogP contribution >= 0.6 is 0 Å². The number of carbonyl (C=O) groups is 1. The lowest BCUT2D eigenvalue weighted by Gasteiger charge is -2.23. The summed E-state index contributed by atoms with van der Waals surface area (Å²) in [6.07, 6.45) is 1.70. The summed E-state index contributed by atoms with van der Waals surface area (Å²) in [4.78, 5) is 13.6. The maximum Gasteiger partial charge on any atom is 0.239 e. The van der Waals surface area contributed by atoms with Crippen molar-refractivity contribution in [1.29, 1.82) is 0 Å². The zero-order chi connectivity index (χ0) is 11.7. The van der Waals surface area contributed by atoms with Crippen molar-refractivity contribution in [3.8, 4) is 0 Å². The van der Waals surface area contributed by atoms with Crippen molar-refractivity contribution in [2.45, 2.75) is 39.7 Å². The number of aliphatic hydroxyl groups is 1. The molecule has 4 nitrogen and oxygen atoms in total. The van der Waals surface area contributed by atoms with Gasteiger partial charge in [-0.2, -0.15) is 0 Å². The minimum Gasteiger partial charge on any atom is -0.396 e. The molecule has 0 aliphatic heterocycles. The minimum atomic E-state index is -0.122. The SMILES string of the molecule is CCN(CC)C(=O)C(C)NCCCCO. The van der Waals surface area contributed by atoms with E-state index in [4.69, 9.17) is 5.11 Å². The van der Waals surface area contributed by atoms with E-state index in [0.717, 1.165) is 32.5 Å². The Bertz CT molecular complexity index is 170. The molecule has 1 amide bonds. The van der Waals surface area contributed by atoms with Crippen molar-refractivity contribution in [2.75, 3.05) is 26.2 Å². The Labute approximate surface area is 92.7 Å². The van der Waals surface area contributed by atoms with Crippen LogP contribution in [0.5, 0.6) is 0 Å². The van der Waals surface area contributed by atoms with Crippen LogP contribution in [0.1, 0.15) is 33.6 Å². The predicted molar refractivity (Wildman–Crippen MR) is 61.7 cm³/mol. The number of nitrogens with one attached hydrogen (secondary N) is 1. The first-order valence-electron chi connectivity index (χ1n) is 5.80. The first kappa shape index (κ1) is 14.4. The predicted octanol–water partition coefficient (Wildman–Crippen LogP) is 0.605. The second-order valence-corrected chi connectivity index (χ2v) is 3.62. The number of rotatable bonds is 8. The summed E-state index contributed by atoms with van der Waals surface area (Å²) < 4.78 is 0. The summed E-state index contributed by atoms with van der Waals surface area (Å²) in [7, 11) is 0. The molecule has 1 atom stereocenters. The van der Waals surface area contributed by atoms with Crippen LogP contribution in [0.4, 0.5) is 0 Å². The van der Waals surface area contributed by atoms with Gasteiger partial charge in [0.1, 0.15) is 0 Å². The van der Waals surface area contributed by atoms with Gasteiger partial charge in [0, 0.05) is 19.7 Å². The molecule has 0 rings (SSSR count). The van der Waals surface area contributed by atoms with Crippen molar-refractivity contribution in [3.63, 3.8) is 0 Å². The maximum absolute atomic E-state index is 11.8. The average molecular weight is 216 g/mol. The molecule has 2 N–H and O–H groups in total. The molecule has 0 aliphatic carbocycles.